The Hall–Kier alpha value is -12.6. The highest BCUT2D eigenvalue weighted by molar-refractivity contribution is 7.26. The molecule has 0 aliphatic heterocycles. The molecule has 3 nitrogen and oxygen atoms in total. The van der Waals surface area contributed by atoms with Crippen LogP contribution in [0.1, 0.15) is 25.0 Å². The monoisotopic (exact) mass is 1360 g/mol. The van der Waals surface area contributed by atoms with Gasteiger partial charge in [0.15, 0.2) is 0 Å². The van der Waals surface area contributed by atoms with Gasteiger partial charge in [0.2, 0.25) is 0 Å². The second-order valence-corrected chi connectivity index (χ2v) is 29.7. The third kappa shape index (κ3) is 11.1. The molecule has 0 saturated carbocycles. The van der Waals surface area contributed by atoms with Crippen LogP contribution in [0.5, 0.6) is 0 Å². The Bertz CT molecular complexity index is 6390. The number of rotatable bonds is 12. The standard InChI is InChI=1S/C57H40N2S.C42H29NS/c1-57(2)51-20-9-6-15-45(51)46-33-32-43(36-52(46)57)58(42-30-25-38(26-31-42)44-18-12-19-49-48-17-8-11-22-55(48)60-56(44)49)41-28-23-37(24-29-41)39-27-34-54-50(35-39)47-16-7-10-21-53(47)59(54)40-13-4-3-5-14-40;1-3-9-30(10-4-1)31-15-17-32(18-16-31)33-19-24-37(25-20-33)43(36-11-5-2-6-12-36)38-26-21-34(22-27-38)35-23-28-42-40(29-35)39-13-7-8-14-41(39)44-42/h3-36H,1-2H3;1-29H. The molecule has 0 spiro atoms. The maximum atomic E-state index is 2.42. The zero-order valence-corrected chi connectivity index (χ0v) is 59.2. The number of aromatic nitrogens is 1. The zero-order chi connectivity index (χ0) is 69.2. The lowest BCUT2D eigenvalue weighted by Crippen LogP contribution is -2.16. The topological polar surface area (TPSA) is 11.4 Å². The van der Waals surface area contributed by atoms with Crippen molar-refractivity contribution in [2.75, 3.05) is 9.80 Å². The Morgan fingerprint density at radius 1 is 0.231 bits per heavy atom. The van der Waals surface area contributed by atoms with Crippen LogP contribution >= 0.6 is 22.7 Å². The minimum atomic E-state index is -0.105. The molecule has 104 heavy (non-hydrogen) atoms. The summed E-state index contributed by atoms with van der Waals surface area (Å²) in [7, 11) is 0. The molecule has 5 heteroatoms. The van der Waals surface area contributed by atoms with Crippen molar-refractivity contribution in [1.82, 2.24) is 4.57 Å². The van der Waals surface area contributed by atoms with Gasteiger partial charge in [-0.05, 0) is 205 Å². The third-order valence-electron chi connectivity index (χ3n) is 21.1. The molecule has 19 aromatic rings. The second kappa shape index (κ2) is 26.1. The Labute approximate surface area is 614 Å². The molecule has 1 aliphatic rings. The van der Waals surface area contributed by atoms with Gasteiger partial charge in [-0.2, -0.15) is 0 Å². The highest BCUT2D eigenvalue weighted by Gasteiger charge is 2.36. The number of hydrogen-bond acceptors (Lipinski definition) is 4. The summed E-state index contributed by atoms with van der Waals surface area (Å²) in [6.07, 6.45) is 0. The molecule has 3 aromatic heterocycles. The number of para-hydroxylation sites is 3. The number of anilines is 6. The molecule has 0 fully saturated rings. The van der Waals surface area contributed by atoms with Crippen molar-refractivity contribution in [3.05, 3.63) is 393 Å². The van der Waals surface area contributed by atoms with Crippen molar-refractivity contribution in [3.8, 4) is 72.4 Å². The molecular weight excluding hydrogens is 1300 g/mol. The van der Waals surface area contributed by atoms with Gasteiger partial charge in [0, 0.05) is 96.3 Å². The quantitative estimate of drug-likeness (QED) is 0.121. The lowest BCUT2D eigenvalue weighted by atomic mass is 9.82. The van der Waals surface area contributed by atoms with Crippen LogP contribution in [-0.4, -0.2) is 4.57 Å². The number of benzene rings is 16. The molecule has 1 aliphatic carbocycles. The Kier molecular flexibility index (Phi) is 15.6. The molecule has 0 amide bonds. The minimum absolute atomic E-state index is 0.105. The van der Waals surface area contributed by atoms with Crippen LogP contribution in [0.3, 0.4) is 0 Å². The fraction of sp³-hybridized carbons (Fsp3) is 0.0303. The number of thiophene rings is 2. The van der Waals surface area contributed by atoms with Crippen LogP contribution in [-0.2, 0) is 5.41 Å². The van der Waals surface area contributed by atoms with E-state index >= 15 is 0 Å². The average molecular weight is 1360 g/mol. The van der Waals surface area contributed by atoms with E-state index in [4.69, 9.17) is 0 Å². The van der Waals surface area contributed by atoms with E-state index < -0.39 is 0 Å². The lowest BCUT2D eigenvalue weighted by molar-refractivity contribution is 0.660. The van der Waals surface area contributed by atoms with E-state index in [0.717, 1.165) is 34.1 Å². The van der Waals surface area contributed by atoms with Crippen LogP contribution in [0.2, 0.25) is 0 Å². The summed E-state index contributed by atoms with van der Waals surface area (Å²) < 4.78 is 7.70. The molecule has 492 valence electrons. The molecule has 0 radical (unpaired) electrons. The van der Waals surface area contributed by atoms with E-state index in [1.165, 1.54) is 146 Å². The van der Waals surface area contributed by atoms with E-state index in [9.17, 15) is 0 Å². The van der Waals surface area contributed by atoms with Crippen molar-refractivity contribution in [2.45, 2.75) is 19.3 Å². The van der Waals surface area contributed by atoms with Gasteiger partial charge in [0.1, 0.15) is 0 Å². The first-order chi connectivity index (χ1) is 51.3. The first-order valence-corrected chi connectivity index (χ1v) is 37.3. The van der Waals surface area contributed by atoms with Crippen LogP contribution in [0.25, 0.3) is 135 Å². The van der Waals surface area contributed by atoms with Gasteiger partial charge in [-0.25, -0.2) is 0 Å². The Balaban J connectivity index is 0.000000150. The predicted octanol–water partition coefficient (Wildman–Crippen LogP) is 28.8. The average Bonchev–Trinajstić information content (AvgIpc) is 1.56. The van der Waals surface area contributed by atoms with Gasteiger partial charge in [0.25, 0.3) is 0 Å². The predicted molar refractivity (Wildman–Crippen MR) is 447 cm³/mol. The first kappa shape index (κ1) is 62.4. The number of hydrogen-bond donors (Lipinski definition) is 0. The van der Waals surface area contributed by atoms with Gasteiger partial charge in [-0.1, -0.05) is 269 Å². The molecule has 0 atom stereocenters. The van der Waals surface area contributed by atoms with E-state index in [2.05, 4.69) is 410 Å². The highest BCUT2D eigenvalue weighted by Crippen LogP contribution is 2.52. The van der Waals surface area contributed by atoms with Crippen molar-refractivity contribution in [3.63, 3.8) is 0 Å². The summed E-state index contributed by atoms with van der Waals surface area (Å²) in [6.45, 7) is 4.72. The maximum Gasteiger partial charge on any atom is 0.0541 e. The Morgan fingerprint density at radius 3 is 1.26 bits per heavy atom. The normalized spacial score (nSPS) is 12.2. The first-order valence-electron chi connectivity index (χ1n) is 35.7. The minimum Gasteiger partial charge on any atom is -0.311 e. The summed E-state index contributed by atoms with van der Waals surface area (Å²) >= 11 is 3.74. The summed E-state index contributed by atoms with van der Waals surface area (Å²) in [6, 6.07) is 139. The van der Waals surface area contributed by atoms with Crippen LogP contribution < -0.4 is 9.80 Å². The molecule has 16 aromatic carbocycles. The summed E-state index contributed by atoms with van der Waals surface area (Å²) in [5, 5.41) is 7.82. The van der Waals surface area contributed by atoms with Crippen LogP contribution in [0, 0.1) is 0 Å². The summed E-state index contributed by atoms with van der Waals surface area (Å²) in [5.41, 5.74) is 27.9. The van der Waals surface area contributed by atoms with Crippen LogP contribution in [0.4, 0.5) is 34.1 Å². The molecule has 0 bridgehead atoms. The van der Waals surface area contributed by atoms with Gasteiger partial charge >= 0.3 is 0 Å². The SMILES string of the molecule is CC1(C)c2ccccc2-c2ccc(N(c3ccc(-c4ccc5c(c4)c4ccccc4n5-c4ccccc4)cc3)c3ccc(-c4cccc5c4sc4ccccc45)cc3)cc21.c1ccc(-c2ccc(-c3ccc(N(c4ccccc4)c4ccc(-c5ccc6sc7ccccc7c6c5)cc4)cc3)cc2)cc1. The smallest absolute Gasteiger partial charge is 0.0541 e. The zero-order valence-electron chi connectivity index (χ0n) is 57.5. The molecule has 0 unspecified atom stereocenters. The Morgan fingerprint density at radius 2 is 0.625 bits per heavy atom. The van der Waals surface area contributed by atoms with Crippen molar-refractivity contribution in [2.24, 2.45) is 0 Å². The molecule has 0 saturated heterocycles. The third-order valence-corrected chi connectivity index (χ3v) is 23.5. The molecule has 20 rings (SSSR count). The van der Waals surface area contributed by atoms with E-state index in [1.54, 1.807) is 0 Å². The lowest BCUT2D eigenvalue weighted by Gasteiger charge is -2.28. The van der Waals surface area contributed by atoms with Crippen LogP contribution in [0.15, 0.2) is 382 Å². The molecule has 0 N–H and O–H groups in total. The van der Waals surface area contributed by atoms with Crippen molar-refractivity contribution < 1.29 is 0 Å². The number of nitrogens with zero attached hydrogens (tertiary/aromatic N) is 3. The second-order valence-electron chi connectivity index (χ2n) is 27.5. The number of fused-ring (bicyclic) bond motifs is 12. The molecule has 3 heterocycles. The van der Waals surface area contributed by atoms with Gasteiger partial charge in [0.05, 0.1) is 11.0 Å². The fourth-order valence-electron chi connectivity index (χ4n) is 15.9. The van der Waals surface area contributed by atoms with E-state index in [0.29, 0.717) is 0 Å². The summed E-state index contributed by atoms with van der Waals surface area (Å²) in [4.78, 5) is 4.74. The highest BCUT2D eigenvalue weighted by atomic mass is 32.1. The molecular formula is C99H69N3S2. The van der Waals surface area contributed by atoms with Gasteiger partial charge in [-0.3, -0.25) is 0 Å². The van der Waals surface area contributed by atoms with Gasteiger partial charge in [-0.15, -0.1) is 22.7 Å². The van der Waals surface area contributed by atoms with E-state index in [-0.39, 0.29) is 5.41 Å². The van der Waals surface area contributed by atoms with Crippen molar-refractivity contribution >= 4 is 119 Å². The maximum absolute atomic E-state index is 2.42. The van der Waals surface area contributed by atoms with E-state index in [1.807, 2.05) is 22.7 Å². The van der Waals surface area contributed by atoms with Crippen molar-refractivity contribution in [1.29, 1.82) is 0 Å². The largest absolute Gasteiger partial charge is 0.311 e. The van der Waals surface area contributed by atoms with Gasteiger partial charge < -0.3 is 14.4 Å². The fourth-order valence-corrected chi connectivity index (χ4v) is 18.2. The summed E-state index contributed by atoms with van der Waals surface area (Å²) in [5.74, 6) is 0.